The first-order chi connectivity index (χ1) is 7.69. The third-order valence-corrected chi connectivity index (χ3v) is 2.48. The number of aromatic nitrogens is 1. The summed E-state index contributed by atoms with van der Waals surface area (Å²) >= 11 is 5.94. The number of benzene rings is 1. The van der Waals surface area contributed by atoms with E-state index in [1.165, 1.54) is 0 Å². The van der Waals surface area contributed by atoms with Crippen LogP contribution in [-0.4, -0.2) is 11.3 Å². The lowest BCUT2D eigenvalue weighted by Crippen LogP contribution is -1.86. The fraction of sp³-hybridized carbons (Fsp3) is 0.0769. The van der Waals surface area contributed by atoms with Gasteiger partial charge in [0.1, 0.15) is 6.29 Å². The van der Waals surface area contributed by atoms with Crippen molar-refractivity contribution in [2.24, 2.45) is 0 Å². The van der Waals surface area contributed by atoms with Crippen molar-refractivity contribution in [2.75, 3.05) is 0 Å². The molecule has 1 aromatic carbocycles. The molecule has 0 aliphatic heterocycles. The quantitative estimate of drug-likeness (QED) is 0.741. The maximum absolute atomic E-state index is 10.7. The molecule has 2 nitrogen and oxygen atoms in total. The van der Waals surface area contributed by atoms with Crippen LogP contribution in [0.1, 0.15) is 15.9 Å². The Morgan fingerprint density at radius 2 is 1.94 bits per heavy atom. The Morgan fingerprint density at radius 1 is 1.12 bits per heavy atom. The molecule has 0 saturated heterocycles. The summed E-state index contributed by atoms with van der Waals surface area (Å²) in [5.74, 6) is 0. The van der Waals surface area contributed by atoms with Crippen molar-refractivity contribution in [3.8, 4) is 11.1 Å². The first-order valence-electron chi connectivity index (χ1n) is 4.87. The molecule has 0 bridgehead atoms. The number of nitrogens with zero attached hydrogens (tertiary/aromatic N) is 1. The molecule has 16 heavy (non-hydrogen) atoms. The molecule has 3 heteroatoms. The lowest BCUT2D eigenvalue weighted by atomic mass is 10.0. The molecule has 0 aliphatic carbocycles. The first-order valence-corrected chi connectivity index (χ1v) is 5.24. The van der Waals surface area contributed by atoms with Gasteiger partial charge < -0.3 is 0 Å². The van der Waals surface area contributed by atoms with E-state index in [9.17, 15) is 4.79 Å². The molecular formula is C13H10ClNO. The van der Waals surface area contributed by atoms with Crippen LogP contribution in [0.5, 0.6) is 0 Å². The predicted octanol–water partition coefficient (Wildman–Crippen LogP) is 3.52. The highest BCUT2D eigenvalue weighted by Crippen LogP contribution is 2.24. The second-order valence-corrected chi connectivity index (χ2v) is 4.08. The number of hydrogen-bond donors (Lipinski definition) is 0. The fourth-order valence-electron chi connectivity index (χ4n) is 1.56. The molecule has 2 aromatic rings. The van der Waals surface area contributed by atoms with Crippen molar-refractivity contribution >= 4 is 17.9 Å². The summed E-state index contributed by atoms with van der Waals surface area (Å²) < 4.78 is 0. The highest BCUT2D eigenvalue weighted by Gasteiger charge is 2.02. The van der Waals surface area contributed by atoms with Gasteiger partial charge in [0.2, 0.25) is 0 Å². The van der Waals surface area contributed by atoms with Crippen molar-refractivity contribution in [3.05, 3.63) is 52.8 Å². The van der Waals surface area contributed by atoms with E-state index in [2.05, 4.69) is 4.98 Å². The van der Waals surface area contributed by atoms with E-state index in [4.69, 9.17) is 11.6 Å². The van der Waals surface area contributed by atoms with Gasteiger partial charge >= 0.3 is 0 Å². The number of hydrogen-bond acceptors (Lipinski definition) is 2. The van der Waals surface area contributed by atoms with Crippen molar-refractivity contribution in [1.82, 2.24) is 4.98 Å². The molecule has 0 saturated carbocycles. The van der Waals surface area contributed by atoms with E-state index in [0.717, 1.165) is 23.0 Å². The fourth-order valence-corrected chi connectivity index (χ4v) is 1.80. The monoisotopic (exact) mass is 231 g/mol. The number of carbonyl (C=O) groups is 1. The topological polar surface area (TPSA) is 30.0 Å². The minimum atomic E-state index is 0.557. The molecule has 0 radical (unpaired) electrons. The lowest BCUT2D eigenvalue weighted by Gasteiger charge is -2.04. The van der Waals surface area contributed by atoms with Crippen LogP contribution < -0.4 is 0 Å². The number of rotatable bonds is 2. The standard InChI is InChI=1S/C13H10ClNO/c1-9-2-12(7-15-6-9)11-3-10(8-16)4-13(14)5-11/h2-8H,1H3. The Labute approximate surface area is 98.9 Å². The first kappa shape index (κ1) is 10.8. The van der Waals surface area contributed by atoms with Crippen molar-refractivity contribution in [3.63, 3.8) is 0 Å². The predicted molar refractivity (Wildman–Crippen MR) is 64.8 cm³/mol. The number of pyridine rings is 1. The zero-order valence-electron chi connectivity index (χ0n) is 8.77. The molecule has 0 unspecified atom stereocenters. The maximum atomic E-state index is 10.7. The van der Waals surface area contributed by atoms with Crippen LogP contribution in [-0.2, 0) is 0 Å². The van der Waals surface area contributed by atoms with E-state index < -0.39 is 0 Å². The summed E-state index contributed by atoms with van der Waals surface area (Å²) in [5, 5.41) is 0.557. The second kappa shape index (κ2) is 4.45. The average molecular weight is 232 g/mol. The number of aldehydes is 1. The zero-order valence-corrected chi connectivity index (χ0v) is 9.53. The minimum absolute atomic E-state index is 0.557. The molecule has 1 heterocycles. The van der Waals surface area contributed by atoms with E-state index in [-0.39, 0.29) is 0 Å². The molecule has 0 N–H and O–H groups in total. The summed E-state index contributed by atoms with van der Waals surface area (Å²) in [4.78, 5) is 14.8. The van der Waals surface area contributed by atoms with Crippen LogP contribution >= 0.6 is 11.6 Å². The van der Waals surface area contributed by atoms with Crippen LogP contribution in [0.15, 0.2) is 36.7 Å². The summed E-state index contributed by atoms with van der Waals surface area (Å²) in [6.45, 7) is 1.97. The normalized spacial score (nSPS) is 10.1. The molecule has 0 aliphatic rings. The lowest BCUT2D eigenvalue weighted by molar-refractivity contribution is 0.112. The SMILES string of the molecule is Cc1cncc(-c2cc(Cl)cc(C=O)c2)c1. The van der Waals surface area contributed by atoms with Gasteiger partial charge in [-0.1, -0.05) is 11.6 Å². The van der Waals surface area contributed by atoms with Gasteiger partial charge in [-0.25, -0.2) is 0 Å². The summed E-state index contributed by atoms with van der Waals surface area (Å²) in [6.07, 6.45) is 4.33. The zero-order chi connectivity index (χ0) is 11.5. The summed E-state index contributed by atoms with van der Waals surface area (Å²) in [5.41, 5.74) is 3.52. The molecule has 0 spiro atoms. The molecule has 1 aromatic heterocycles. The van der Waals surface area contributed by atoms with Gasteiger partial charge in [0.15, 0.2) is 0 Å². The molecular weight excluding hydrogens is 222 g/mol. The Bertz CT molecular complexity index is 537. The minimum Gasteiger partial charge on any atom is -0.298 e. The van der Waals surface area contributed by atoms with Gasteiger partial charge in [-0.2, -0.15) is 0 Å². The van der Waals surface area contributed by atoms with Crippen molar-refractivity contribution in [1.29, 1.82) is 0 Å². The van der Waals surface area contributed by atoms with E-state index in [1.54, 1.807) is 24.5 Å². The number of aryl methyl sites for hydroxylation is 1. The Hall–Kier alpha value is -1.67. The van der Waals surface area contributed by atoms with Crippen LogP contribution in [0.3, 0.4) is 0 Å². The van der Waals surface area contributed by atoms with Crippen molar-refractivity contribution < 1.29 is 4.79 Å². The van der Waals surface area contributed by atoms with E-state index in [0.29, 0.717) is 10.6 Å². The van der Waals surface area contributed by atoms with Crippen LogP contribution in [0.4, 0.5) is 0 Å². The summed E-state index contributed by atoms with van der Waals surface area (Å²) in [7, 11) is 0. The van der Waals surface area contributed by atoms with Crippen LogP contribution in [0.2, 0.25) is 5.02 Å². The van der Waals surface area contributed by atoms with Crippen LogP contribution in [0, 0.1) is 6.92 Å². The molecule has 0 amide bonds. The van der Waals surface area contributed by atoms with Gasteiger partial charge in [0.05, 0.1) is 0 Å². The molecule has 80 valence electrons. The van der Waals surface area contributed by atoms with Gasteiger partial charge in [-0.05, 0) is 42.3 Å². The number of halogens is 1. The molecule has 0 fully saturated rings. The van der Waals surface area contributed by atoms with Crippen LogP contribution in [0.25, 0.3) is 11.1 Å². The van der Waals surface area contributed by atoms with E-state index in [1.807, 2.05) is 19.1 Å². The second-order valence-electron chi connectivity index (χ2n) is 3.64. The third kappa shape index (κ3) is 2.28. The van der Waals surface area contributed by atoms with Crippen molar-refractivity contribution in [2.45, 2.75) is 6.92 Å². The Balaban J connectivity index is 2.55. The third-order valence-electron chi connectivity index (χ3n) is 2.26. The molecule has 2 rings (SSSR count). The van der Waals surface area contributed by atoms with Gasteiger partial charge in [-0.3, -0.25) is 9.78 Å². The maximum Gasteiger partial charge on any atom is 0.150 e. The van der Waals surface area contributed by atoms with E-state index >= 15 is 0 Å². The Kier molecular flexibility index (Phi) is 3.02. The average Bonchev–Trinajstić information content (AvgIpc) is 2.28. The van der Waals surface area contributed by atoms with Gasteiger partial charge in [-0.15, -0.1) is 0 Å². The summed E-state index contributed by atoms with van der Waals surface area (Å²) in [6, 6.07) is 7.27. The smallest absolute Gasteiger partial charge is 0.150 e. The largest absolute Gasteiger partial charge is 0.298 e. The highest BCUT2D eigenvalue weighted by molar-refractivity contribution is 6.31. The van der Waals surface area contributed by atoms with Gasteiger partial charge in [0.25, 0.3) is 0 Å². The number of carbonyl (C=O) groups excluding carboxylic acids is 1. The van der Waals surface area contributed by atoms with Gasteiger partial charge in [0, 0.05) is 28.5 Å². The highest BCUT2D eigenvalue weighted by atomic mass is 35.5. The Morgan fingerprint density at radius 3 is 2.62 bits per heavy atom. The molecule has 0 atom stereocenters.